The van der Waals surface area contributed by atoms with Crippen LogP contribution in [0.3, 0.4) is 0 Å². The summed E-state index contributed by atoms with van der Waals surface area (Å²) >= 11 is 7.41. The predicted molar refractivity (Wildman–Crippen MR) is 56.2 cm³/mol. The van der Waals surface area contributed by atoms with E-state index in [-0.39, 0.29) is 0 Å². The highest BCUT2D eigenvalue weighted by molar-refractivity contribution is 7.22. The number of fused-ring (bicyclic) bond motifs is 1. The molecular weight excluding hydrogens is 202 g/mol. The summed E-state index contributed by atoms with van der Waals surface area (Å²) in [6, 6.07) is 10.1. The highest BCUT2D eigenvalue weighted by Gasteiger charge is 2.00. The SMILES string of the molecule is N#CCc1ccc2cc(Cl)sc2c1. The number of hydrogen-bond donors (Lipinski definition) is 0. The second-order valence-corrected chi connectivity index (χ2v) is 4.47. The number of hydrogen-bond acceptors (Lipinski definition) is 2. The molecule has 1 heterocycles. The van der Waals surface area contributed by atoms with Gasteiger partial charge >= 0.3 is 0 Å². The van der Waals surface area contributed by atoms with Crippen molar-refractivity contribution < 1.29 is 0 Å². The second kappa shape index (κ2) is 3.37. The monoisotopic (exact) mass is 207 g/mol. The van der Waals surface area contributed by atoms with Crippen LogP contribution in [-0.2, 0) is 6.42 Å². The first-order valence-electron chi connectivity index (χ1n) is 3.84. The summed E-state index contributed by atoms with van der Waals surface area (Å²) < 4.78 is 1.95. The van der Waals surface area contributed by atoms with Crippen LogP contribution >= 0.6 is 22.9 Å². The molecule has 0 aliphatic rings. The lowest BCUT2D eigenvalue weighted by molar-refractivity contribution is 1.27. The molecule has 1 aromatic carbocycles. The lowest BCUT2D eigenvalue weighted by Crippen LogP contribution is -1.78. The molecule has 0 aliphatic heterocycles. The van der Waals surface area contributed by atoms with Gasteiger partial charge in [-0.2, -0.15) is 5.26 Å². The van der Waals surface area contributed by atoms with Gasteiger partial charge in [-0.15, -0.1) is 11.3 Å². The van der Waals surface area contributed by atoms with E-state index in [4.69, 9.17) is 16.9 Å². The zero-order valence-corrected chi connectivity index (χ0v) is 8.32. The van der Waals surface area contributed by atoms with E-state index in [1.165, 1.54) is 0 Å². The molecule has 2 rings (SSSR count). The molecule has 0 aliphatic carbocycles. The topological polar surface area (TPSA) is 23.8 Å². The average Bonchev–Trinajstić information content (AvgIpc) is 2.44. The Kier molecular flexibility index (Phi) is 2.22. The van der Waals surface area contributed by atoms with Crippen molar-refractivity contribution in [3.05, 3.63) is 34.2 Å². The Morgan fingerprint density at radius 1 is 1.38 bits per heavy atom. The maximum atomic E-state index is 8.52. The van der Waals surface area contributed by atoms with Gasteiger partial charge < -0.3 is 0 Å². The molecule has 64 valence electrons. The van der Waals surface area contributed by atoms with E-state index in [0.717, 1.165) is 20.0 Å². The standard InChI is InChI=1S/C10H6ClNS/c11-10-6-8-2-1-7(3-4-12)5-9(8)13-10/h1-2,5-6H,3H2. The van der Waals surface area contributed by atoms with Gasteiger partial charge in [-0.3, -0.25) is 0 Å². The molecule has 1 aromatic heterocycles. The molecule has 2 aromatic rings. The minimum atomic E-state index is 0.464. The minimum absolute atomic E-state index is 0.464. The normalized spacial score (nSPS) is 10.2. The Morgan fingerprint density at radius 3 is 3.00 bits per heavy atom. The van der Waals surface area contributed by atoms with Crippen molar-refractivity contribution in [2.75, 3.05) is 0 Å². The van der Waals surface area contributed by atoms with E-state index in [1.807, 2.05) is 24.3 Å². The quantitative estimate of drug-likeness (QED) is 0.701. The van der Waals surface area contributed by atoms with Crippen LogP contribution in [0.2, 0.25) is 4.34 Å². The van der Waals surface area contributed by atoms with Crippen LogP contribution in [0.5, 0.6) is 0 Å². The molecule has 0 amide bonds. The smallest absolute Gasteiger partial charge is 0.0940 e. The summed E-state index contributed by atoms with van der Waals surface area (Å²) in [7, 11) is 0. The largest absolute Gasteiger partial charge is 0.198 e. The van der Waals surface area contributed by atoms with Crippen LogP contribution in [0.4, 0.5) is 0 Å². The molecule has 0 saturated carbocycles. The molecule has 0 bridgehead atoms. The van der Waals surface area contributed by atoms with Crippen LogP contribution in [0.25, 0.3) is 10.1 Å². The van der Waals surface area contributed by atoms with Gasteiger partial charge in [0.05, 0.1) is 16.8 Å². The highest BCUT2D eigenvalue weighted by Crippen LogP contribution is 2.29. The van der Waals surface area contributed by atoms with Crippen LogP contribution in [0.1, 0.15) is 5.56 Å². The Morgan fingerprint density at radius 2 is 2.23 bits per heavy atom. The highest BCUT2D eigenvalue weighted by atomic mass is 35.5. The van der Waals surface area contributed by atoms with Gasteiger partial charge in [0.2, 0.25) is 0 Å². The number of halogens is 1. The molecule has 3 heteroatoms. The third kappa shape index (κ3) is 1.67. The molecule has 0 fully saturated rings. The molecule has 13 heavy (non-hydrogen) atoms. The van der Waals surface area contributed by atoms with Gasteiger partial charge in [0, 0.05) is 4.70 Å². The zero-order valence-electron chi connectivity index (χ0n) is 6.75. The number of rotatable bonds is 1. The van der Waals surface area contributed by atoms with Crippen LogP contribution in [0, 0.1) is 11.3 Å². The maximum Gasteiger partial charge on any atom is 0.0940 e. The Bertz CT molecular complexity index is 481. The lowest BCUT2D eigenvalue weighted by Gasteiger charge is -1.93. The number of benzene rings is 1. The fraction of sp³-hybridized carbons (Fsp3) is 0.100. The third-order valence-corrected chi connectivity index (χ3v) is 3.06. The van der Waals surface area contributed by atoms with Crippen LogP contribution in [-0.4, -0.2) is 0 Å². The van der Waals surface area contributed by atoms with Crippen molar-refractivity contribution in [3.63, 3.8) is 0 Å². The van der Waals surface area contributed by atoms with E-state index in [0.29, 0.717) is 6.42 Å². The number of nitriles is 1. The van der Waals surface area contributed by atoms with E-state index in [9.17, 15) is 0 Å². The van der Waals surface area contributed by atoms with Crippen molar-refractivity contribution in [1.29, 1.82) is 5.26 Å². The first kappa shape index (κ1) is 8.55. The van der Waals surface area contributed by atoms with E-state index < -0.39 is 0 Å². The summed E-state index contributed by atoms with van der Waals surface area (Å²) in [5.74, 6) is 0. The summed E-state index contributed by atoms with van der Waals surface area (Å²) in [5.41, 5.74) is 1.05. The van der Waals surface area contributed by atoms with E-state index in [2.05, 4.69) is 6.07 Å². The van der Waals surface area contributed by atoms with Gasteiger partial charge in [0.1, 0.15) is 0 Å². The molecule has 0 N–H and O–H groups in total. The fourth-order valence-electron chi connectivity index (χ4n) is 1.24. The average molecular weight is 208 g/mol. The van der Waals surface area contributed by atoms with Gasteiger partial charge in [-0.25, -0.2) is 0 Å². The van der Waals surface area contributed by atoms with Gasteiger partial charge in [-0.1, -0.05) is 23.7 Å². The first-order chi connectivity index (χ1) is 6.29. The molecular formula is C10H6ClNS. The second-order valence-electron chi connectivity index (χ2n) is 2.76. The first-order valence-corrected chi connectivity index (χ1v) is 5.04. The minimum Gasteiger partial charge on any atom is -0.198 e. The molecule has 0 unspecified atom stereocenters. The number of thiophene rings is 1. The third-order valence-electron chi connectivity index (χ3n) is 1.84. The molecule has 1 nitrogen and oxygen atoms in total. The summed E-state index contributed by atoms with van der Waals surface area (Å²) in [5, 5.41) is 9.67. The summed E-state index contributed by atoms with van der Waals surface area (Å²) in [6.07, 6.45) is 0.464. The molecule has 0 radical (unpaired) electrons. The van der Waals surface area contributed by atoms with Gasteiger partial charge in [-0.05, 0) is 23.1 Å². The Balaban J connectivity index is 2.56. The molecule has 0 spiro atoms. The van der Waals surface area contributed by atoms with Crippen molar-refractivity contribution in [3.8, 4) is 6.07 Å². The fourth-order valence-corrected chi connectivity index (χ4v) is 2.46. The molecule has 0 atom stereocenters. The summed E-state index contributed by atoms with van der Waals surface area (Å²) in [6.45, 7) is 0. The lowest BCUT2D eigenvalue weighted by atomic mass is 10.1. The van der Waals surface area contributed by atoms with E-state index in [1.54, 1.807) is 11.3 Å². The van der Waals surface area contributed by atoms with Crippen LogP contribution < -0.4 is 0 Å². The Labute approximate surface area is 85.2 Å². The van der Waals surface area contributed by atoms with Crippen molar-refractivity contribution in [2.45, 2.75) is 6.42 Å². The predicted octanol–water partition coefficient (Wildman–Crippen LogP) is 3.62. The summed E-state index contributed by atoms with van der Waals surface area (Å²) in [4.78, 5) is 0. The van der Waals surface area contributed by atoms with Crippen molar-refractivity contribution in [1.82, 2.24) is 0 Å². The number of nitrogens with zero attached hydrogens (tertiary/aromatic N) is 1. The van der Waals surface area contributed by atoms with Gasteiger partial charge in [0.15, 0.2) is 0 Å². The van der Waals surface area contributed by atoms with E-state index >= 15 is 0 Å². The van der Waals surface area contributed by atoms with Crippen LogP contribution in [0.15, 0.2) is 24.3 Å². The van der Waals surface area contributed by atoms with Crippen molar-refractivity contribution in [2.24, 2.45) is 0 Å². The van der Waals surface area contributed by atoms with Gasteiger partial charge in [0.25, 0.3) is 0 Å². The van der Waals surface area contributed by atoms with Crippen molar-refractivity contribution >= 4 is 33.0 Å². The maximum absolute atomic E-state index is 8.52. The Hall–Kier alpha value is -1.04. The molecule has 0 saturated heterocycles. The zero-order chi connectivity index (χ0) is 9.26.